The first-order valence-corrected chi connectivity index (χ1v) is 31.5. The fraction of sp³-hybridized carbons (Fsp3) is 0.429. The van der Waals surface area contributed by atoms with Crippen LogP contribution in [0.15, 0.2) is 72.8 Å². The van der Waals surface area contributed by atoms with E-state index >= 15 is 0 Å². The number of hydrogen-bond acceptors (Lipinski definition) is 6. The van der Waals surface area contributed by atoms with E-state index < -0.39 is 46.8 Å². The normalized spacial score (nSPS) is 16.3. The maximum absolute atomic E-state index is 14.4. The first kappa shape index (κ1) is 43.7. The summed E-state index contributed by atoms with van der Waals surface area (Å²) in [7, 11) is -3.30. The van der Waals surface area contributed by atoms with Gasteiger partial charge in [0.15, 0.2) is 8.32 Å². The number of imide groups is 1. The van der Waals surface area contributed by atoms with Crippen molar-refractivity contribution in [1.82, 2.24) is 4.90 Å². The molecule has 1 heterocycles. The molecule has 4 rings (SSSR count). The molecule has 4 atom stereocenters. The summed E-state index contributed by atoms with van der Waals surface area (Å²) < 4.78 is 45.7. The SMILES string of the molecule is C.C[C@H]1COC(=O)N1C(=O)[C@H](CCC(O[Si](C)(C)C)c1ccc(F)cc1)C(Nc1ccc(F)cc1)c1ccc(O[Si](C)(C)C)cc1.[I][V][I]. The van der Waals surface area contributed by atoms with Gasteiger partial charge in [0.05, 0.1) is 24.1 Å². The summed E-state index contributed by atoms with van der Waals surface area (Å²) >= 11 is 4.74. The molecule has 1 aliphatic rings. The van der Waals surface area contributed by atoms with Gasteiger partial charge in [0.2, 0.25) is 14.2 Å². The number of benzene rings is 3. The van der Waals surface area contributed by atoms with Gasteiger partial charge >= 0.3 is 55.5 Å². The number of ether oxygens (including phenoxy) is 1. The number of rotatable bonds is 13. The number of nitrogens with zero attached hydrogens (tertiary/aromatic N) is 1. The third-order valence-electron chi connectivity index (χ3n) is 7.35. The summed E-state index contributed by atoms with van der Waals surface area (Å²) in [4.78, 5) is 28.4. The van der Waals surface area contributed by atoms with Gasteiger partial charge in [0.1, 0.15) is 24.0 Å². The van der Waals surface area contributed by atoms with Gasteiger partial charge in [-0.2, -0.15) is 0 Å². The Morgan fingerprint density at radius 3 is 1.88 bits per heavy atom. The number of anilines is 1. The number of cyclic esters (lactones) is 1. The molecule has 3 aromatic rings. The van der Waals surface area contributed by atoms with E-state index in [1.54, 1.807) is 31.2 Å². The molecule has 1 N–H and O–H groups in total. The quantitative estimate of drug-likeness (QED) is 0.136. The zero-order valence-corrected chi connectivity index (χ0v) is 36.0. The Kier molecular flexibility index (Phi) is 17.8. The monoisotopic (exact) mass is 975 g/mol. The minimum absolute atomic E-state index is 0. The van der Waals surface area contributed by atoms with Gasteiger partial charge in [-0.05, 0) is 119 Å². The van der Waals surface area contributed by atoms with Crippen molar-refractivity contribution < 1.29 is 41.4 Å². The maximum atomic E-state index is 14.4. The zero-order chi connectivity index (χ0) is 35.6. The van der Waals surface area contributed by atoms with Gasteiger partial charge in [0, 0.05) is 5.69 Å². The summed E-state index contributed by atoms with van der Waals surface area (Å²) in [5.74, 6) is -1.11. The van der Waals surface area contributed by atoms with Gasteiger partial charge in [-0.1, -0.05) is 31.7 Å². The molecular formula is C35H48F2I2N2O5Si2V. The molecule has 1 fully saturated rings. The molecule has 49 heavy (non-hydrogen) atoms. The van der Waals surface area contributed by atoms with Crippen LogP contribution in [0.5, 0.6) is 5.75 Å². The van der Waals surface area contributed by atoms with Crippen molar-refractivity contribution in [2.75, 3.05) is 11.9 Å². The van der Waals surface area contributed by atoms with E-state index in [0.29, 0.717) is 28.0 Å². The van der Waals surface area contributed by atoms with Crippen LogP contribution in [0.2, 0.25) is 39.3 Å². The van der Waals surface area contributed by atoms with E-state index in [-0.39, 0.29) is 31.6 Å². The molecule has 0 aromatic heterocycles. The molecule has 7 nitrogen and oxygen atoms in total. The Labute approximate surface area is 321 Å². The van der Waals surface area contributed by atoms with E-state index in [4.69, 9.17) is 13.6 Å². The van der Waals surface area contributed by atoms with Crippen molar-refractivity contribution in [3.8, 4) is 5.75 Å². The predicted octanol–water partition coefficient (Wildman–Crippen LogP) is 11.1. The van der Waals surface area contributed by atoms with Crippen molar-refractivity contribution in [2.45, 2.75) is 84.7 Å². The number of carbonyl (C=O) groups is 2. The van der Waals surface area contributed by atoms with E-state index in [0.717, 1.165) is 16.9 Å². The molecule has 269 valence electrons. The second-order valence-corrected chi connectivity index (χ2v) is 34.2. The number of amides is 2. The third-order valence-corrected chi connectivity index (χ3v) is 9.19. The number of halogens is 4. The van der Waals surface area contributed by atoms with Crippen LogP contribution in [-0.2, 0) is 23.4 Å². The second-order valence-electron chi connectivity index (χ2n) is 13.6. The molecule has 0 spiro atoms. The fourth-order valence-electron chi connectivity index (χ4n) is 5.40. The van der Waals surface area contributed by atoms with Crippen LogP contribution in [0.25, 0.3) is 0 Å². The van der Waals surface area contributed by atoms with Crippen LogP contribution in [0.4, 0.5) is 19.3 Å². The van der Waals surface area contributed by atoms with Crippen LogP contribution in [0, 0.1) is 17.6 Å². The molecule has 14 heteroatoms. The molecular weight excluding hydrogens is 927 g/mol. The van der Waals surface area contributed by atoms with E-state index in [1.165, 1.54) is 29.2 Å². The first-order valence-electron chi connectivity index (χ1n) is 15.7. The number of nitrogens with one attached hydrogen (secondary N) is 1. The Morgan fingerprint density at radius 1 is 0.898 bits per heavy atom. The van der Waals surface area contributed by atoms with E-state index in [1.807, 2.05) is 24.3 Å². The average molecular weight is 976 g/mol. The van der Waals surface area contributed by atoms with Crippen LogP contribution >= 0.6 is 40.0 Å². The molecule has 2 amide bonds. The molecule has 3 aromatic carbocycles. The molecule has 0 aliphatic carbocycles. The topological polar surface area (TPSA) is 77.1 Å². The van der Waals surface area contributed by atoms with Crippen LogP contribution in [0.1, 0.15) is 50.5 Å². The standard InChI is InChI=1S/C34H44F2N2O5Si2.CH4.2HI.V/c1-23-22-41-34(40)38(23)33(39)30(20-21-31(43-45(5,6)7)24-8-12-26(35)13-9-24)32(37-28-16-14-27(36)15-17-28)25-10-18-29(19-11-25)42-44(2,3)4;;;;/h8-19,23,30-32,37H,20-22H2,1-7H3;1H4;2*1H;/q;;;;+2/p-2/t23-,30+,31?,32?;;;;/m0..../s1. The molecule has 0 saturated carbocycles. The molecule has 1 saturated heterocycles. The first-order chi connectivity index (χ1) is 22.5. The fourth-order valence-corrected chi connectivity index (χ4v) is 7.35. The summed E-state index contributed by atoms with van der Waals surface area (Å²) in [5, 5.41) is 3.46. The van der Waals surface area contributed by atoms with E-state index in [2.05, 4.69) is 84.6 Å². The average Bonchev–Trinajstić information content (AvgIpc) is 3.34. The molecule has 0 bridgehead atoms. The Hall–Kier alpha value is -1.50. The number of carbonyl (C=O) groups excluding carboxylic acids is 2. The van der Waals surface area contributed by atoms with Crippen molar-refractivity contribution in [3.05, 3.63) is 95.6 Å². The van der Waals surface area contributed by atoms with Crippen molar-refractivity contribution in [1.29, 1.82) is 0 Å². The Morgan fingerprint density at radius 2 is 1.41 bits per heavy atom. The van der Waals surface area contributed by atoms with Crippen LogP contribution < -0.4 is 9.74 Å². The predicted molar refractivity (Wildman–Crippen MR) is 212 cm³/mol. The molecule has 2 unspecified atom stereocenters. The van der Waals surface area contributed by atoms with Gasteiger partial charge in [-0.15, -0.1) is 0 Å². The molecule has 0 radical (unpaired) electrons. The molecule has 1 aliphatic heterocycles. The van der Waals surface area contributed by atoms with Crippen molar-refractivity contribution in [3.63, 3.8) is 0 Å². The van der Waals surface area contributed by atoms with Gasteiger partial charge in [-0.3, -0.25) is 4.79 Å². The summed E-state index contributed by atoms with van der Waals surface area (Å²) in [5.41, 5.74) is 2.23. The second kappa shape index (κ2) is 19.9. The van der Waals surface area contributed by atoms with Crippen molar-refractivity contribution in [2.24, 2.45) is 5.92 Å². The van der Waals surface area contributed by atoms with Crippen molar-refractivity contribution >= 4 is 74.3 Å². The third kappa shape index (κ3) is 14.2. The van der Waals surface area contributed by atoms with Crippen LogP contribution in [0.3, 0.4) is 0 Å². The van der Waals surface area contributed by atoms with Crippen LogP contribution in [-0.4, -0.2) is 46.2 Å². The summed E-state index contributed by atoms with van der Waals surface area (Å²) in [6.07, 6.45) is -0.310. The Balaban J connectivity index is 0.00000201. The number of hydrogen-bond donors (Lipinski definition) is 1. The minimum atomic E-state index is -2.07. The summed E-state index contributed by atoms with van der Waals surface area (Å²) in [6, 6.07) is 18.7. The summed E-state index contributed by atoms with van der Waals surface area (Å²) in [6.45, 7) is 14.4. The van der Waals surface area contributed by atoms with Gasteiger partial charge < -0.3 is 18.9 Å². The zero-order valence-electron chi connectivity index (χ0n) is 28.3. The van der Waals surface area contributed by atoms with Gasteiger partial charge in [0.25, 0.3) is 0 Å². The Bertz CT molecular complexity index is 1480. The van der Waals surface area contributed by atoms with E-state index in [9.17, 15) is 18.4 Å². The van der Waals surface area contributed by atoms with Gasteiger partial charge in [-0.25, -0.2) is 18.5 Å².